The van der Waals surface area contributed by atoms with Crippen LogP contribution in [0.25, 0.3) is 0 Å². The summed E-state index contributed by atoms with van der Waals surface area (Å²) in [5.74, 6) is -0.867. The average Bonchev–Trinajstić information content (AvgIpc) is 2.27. The highest BCUT2D eigenvalue weighted by Gasteiger charge is 2.32. The topological polar surface area (TPSA) is 26.0 Å². The van der Waals surface area contributed by atoms with Crippen molar-refractivity contribution in [1.82, 2.24) is 0 Å². The summed E-state index contributed by atoms with van der Waals surface area (Å²) < 4.78 is 51.4. The van der Waals surface area contributed by atoms with Gasteiger partial charge in [0.05, 0.1) is 10.6 Å². The second kappa shape index (κ2) is 7.31. The van der Waals surface area contributed by atoms with Gasteiger partial charge >= 0.3 is 6.18 Å². The molecule has 0 unspecified atom stereocenters. The van der Waals surface area contributed by atoms with Crippen LogP contribution in [0.3, 0.4) is 0 Å². The van der Waals surface area contributed by atoms with E-state index in [4.69, 9.17) is 17.3 Å². The highest BCUT2D eigenvalue weighted by atomic mass is 35.5. The van der Waals surface area contributed by atoms with Gasteiger partial charge in [0.2, 0.25) is 0 Å². The van der Waals surface area contributed by atoms with E-state index in [0.29, 0.717) is 18.9 Å². The number of unbranched alkanes of at least 4 members (excludes halogenated alkanes) is 1. The van der Waals surface area contributed by atoms with Crippen molar-refractivity contribution in [2.75, 3.05) is 0 Å². The molecule has 0 saturated heterocycles. The Balaban J connectivity index is 0.00000324. The molecule has 1 nitrogen and oxygen atoms in total. The molecule has 0 radical (unpaired) electrons. The fourth-order valence-electron chi connectivity index (χ4n) is 1.62. The van der Waals surface area contributed by atoms with Gasteiger partial charge in [-0.25, -0.2) is 4.39 Å². The Labute approximate surface area is 120 Å². The predicted octanol–water partition coefficient (Wildman–Crippen LogP) is 5.11. The van der Waals surface area contributed by atoms with Crippen molar-refractivity contribution in [3.8, 4) is 0 Å². The second-order valence-electron chi connectivity index (χ2n) is 4.11. The van der Waals surface area contributed by atoms with Crippen LogP contribution in [0.15, 0.2) is 12.1 Å². The van der Waals surface area contributed by atoms with Crippen molar-refractivity contribution in [2.45, 2.75) is 38.4 Å². The summed E-state index contributed by atoms with van der Waals surface area (Å²) in [4.78, 5) is 0. The van der Waals surface area contributed by atoms with Crippen molar-refractivity contribution in [3.05, 3.63) is 34.1 Å². The number of rotatable bonds is 4. The molecule has 0 aliphatic carbocycles. The summed E-state index contributed by atoms with van der Waals surface area (Å²) in [5, 5.41) is -0.549. The molecule has 0 amide bonds. The first-order valence-corrected chi connectivity index (χ1v) is 5.96. The highest BCUT2D eigenvalue weighted by Crippen LogP contribution is 2.35. The first-order valence-electron chi connectivity index (χ1n) is 5.59. The lowest BCUT2D eigenvalue weighted by atomic mass is 9.99. The Morgan fingerprint density at radius 3 is 2.37 bits per heavy atom. The molecule has 0 saturated carbocycles. The monoisotopic (exact) mass is 319 g/mol. The van der Waals surface area contributed by atoms with Crippen molar-refractivity contribution in [3.63, 3.8) is 0 Å². The molecule has 1 aromatic carbocycles. The number of hydrogen-bond donors (Lipinski definition) is 1. The van der Waals surface area contributed by atoms with Gasteiger partial charge in [-0.3, -0.25) is 0 Å². The van der Waals surface area contributed by atoms with Gasteiger partial charge in [0, 0.05) is 11.6 Å². The third kappa shape index (κ3) is 4.82. The molecular formula is C12H15Cl2F4N. The van der Waals surface area contributed by atoms with Crippen LogP contribution < -0.4 is 5.73 Å². The van der Waals surface area contributed by atoms with Crippen LogP contribution in [0, 0.1) is 5.82 Å². The van der Waals surface area contributed by atoms with E-state index in [1.807, 2.05) is 6.92 Å². The van der Waals surface area contributed by atoms with E-state index in [1.165, 1.54) is 0 Å². The summed E-state index contributed by atoms with van der Waals surface area (Å²) in [7, 11) is 0. The van der Waals surface area contributed by atoms with Gasteiger partial charge in [-0.05, 0) is 18.6 Å². The van der Waals surface area contributed by atoms with Gasteiger partial charge in [-0.2, -0.15) is 13.2 Å². The van der Waals surface area contributed by atoms with E-state index in [1.54, 1.807) is 0 Å². The third-order valence-electron chi connectivity index (χ3n) is 2.65. The summed E-state index contributed by atoms with van der Waals surface area (Å²) in [6, 6.07) is 0.541. The van der Waals surface area contributed by atoms with E-state index in [2.05, 4.69) is 0 Å². The number of nitrogens with two attached hydrogens (primary N) is 1. The lowest BCUT2D eigenvalue weighted by Gasteiger charge is -2.16. The summed E-state index contributed by atoms with van der Waals surface area (Å²) in [5.41, 5.74) is 4.54. The van der Waals surface area contributed by atoms with Gasteiger partial charge in [-0.1, -0.05) is 31.4 Å². The van der Waals surface area contributed by atoms with Gasteiger partial charge in [0.1, 0.15) is 5.82 Å². The van der Waals surface area contributed by atoms with Gasteiger partial charge in [0.25, 0.3) is 0 Å². The maximum Gasteiger partial charge on any atom is 0.416 e. The normalized spacial score (nSPS) is 13.0. The zero-order valence-electron chi connectivity index (χ0n) is 10.2. The van der Waals surface area contributed by atoms with Crippen molar-refractivity contribution in [2.24, 2.45) is 5.73 Å². The molecule has 0 spiro atoms. The van der Waals surface area contributed by atoms with E-state index in [9.17, 15) is 17.6 Å². The largest absolute Gasteiger partial charge is 0.416 e. The third-order valence-corrected chi connectivity index (χ3v) is 2.93. The molecular weight excluding hydrogens is 305 g/mol. The summed E-state index contributed by atoms with van der Waals surface area (Å²) >= 11 is 5.47. The second-order valence-corrected chi connectivity index (χ2v) is 4.51. The van der Waals surface area contributed by atoms with Crippen molar-refractivity contribution < 1.29 is 17.6 Å². The smallest absolute Gasteiger partial charge is 0.324 e. The predicted molar refractivity (Wildman–Crippen MR) is 70.1 cm³/mol. The van der Waals surface area contributed by atoms with E-state index in [0.717, 1.165) is 12.5 Å². The number of hydrogen-bond acceptors (Lipinski definition) is 1. The SMILES string of the molecule is CCCC[C@@H](N)c1cc(C(F)(F)F)cc(Cl)c1F.Cl. The van der Waals surface area contributed by atoms with Crippen molar-refractivity contribution >= 4 is 24.0 Å². The molecule has 1 atom stereocenters. The lowest BCUT2D eigenvalue weighted by molar-refractivity contribution is -0.137. The fourth-order valence-corrected chi connectivity index (χ4v) is 1.85. The first kappa shape index (κ1) is 18.5. The molecule has 0 fully saturated rings. The Morgan fingerprint density at radius 1 is 1.32 bits per heavy atom. The Bertz CT molecular complexity index is 421. The lowest BCUT2D eigenvalue weighted by Crippen LogP contribution is -2.15. The van der Waals surface area contributed by atoms with Crippen LogP contribution >= 0.6 is 24.0 Å². The van der Waals surface area contributed by atoms with Gasteiger partial charge in [0.15, 0.2) is 0 Å². The summed E-state index contributed by atoms with van der Waals surface area (Å²) in [6.45, 7) is 1.92. The Kier molecular flexibility index (Phi) is 7.11. The maximum absolute atomic E-state index is 13.7. The zero-order chi connectivity index (χ0) is 13.9. The van der Waals surface area contributed by atoms with Crippen LogP contribution in [0.4, 0.5) is 17.6 Å². The highest BCUT2D eigenvalue weighted by molar-refractivity contribution is 6.30. The van der Waals surface area contributed by atoms with Gasteiger partial charge < -0.3 is 5.73 Å². The molecule has 1 aromatic rings. The maximum atomic E-state index is 13.7. The first-order chi connectivity index (χ1) is 8.27. The number of alkyl halides is 3. The molecule has 110 valence electrons. The zero-order valence-corrected chi connectivity index (χ0v) is 11.8. The van der Waals surface area contributed by atoms with E-state index in [-0.39, 0.29) is 18.0 Å². The number of halogens is 6. The standard InChI is InChI=1S/C12H14ClF4N.ClH/c1-2-3-4-10(18)8-5-7(12(15,16)17)6-9(13)11(8)14;/h5-6,10H,2-4,18H2,1H3;1H/t10-;/m1./s1. The van der Waals surface area contributed by atoms with Crippen molar-refractivity contribution in [1.29, 1.82) is 0 Å². The molecule has 0 aromatic heterocycles. The Hall–Kier alpha value is -0.520. The van der Waals surface area contributed by atoms with Crippen LogP contribution in [0.1, 0.15) is 43.4 Å². The summed E-state index contributed by atoms with van der Waals surface area (Å²) in [6.07, 6.45) is -2.59. The molecule has 2 N–H and O–H groups in total. The fraction of sp³-hybridized carbons (Fsp3) is 0.500. The molecule has 0 aliphatic rings. The Morgan fingerprint density at radius 2 is 1.89 bits per heavy atom. The molecule has 0 bridgehead atoms. The minimum Gasteiger partial charge on any atom is -0.324 e. The minimum absolute atomic E-state index is 0. The van der Waals surface area contributed by atoms with Crippen LogP contribution in [-0.4, -0.2) is 0 Å². The van der Waals surface area contributed by atoms with E-state index < -0.39 is 28.6 Å². The molecule has 0 aliphatic heterocycles. The van der Waals surface area contributed by atoms with Gasteiger partial charge in [-0.15, -0.1) is 12.4 Å². The van der Waals surface area contributed by atoms with Crippen LogP contribution in [0.5, 0.6) is 0 Å². The van der Waals surface area contributed by atoms with Crippen LogP contribution in [0.2, 0.25) is 5.02 Å². The van der Waals surface area contributed by atoms with E-state index >= 15 is 0 Å². The van der Waals surface area contributed by atoms with Crippen LogP contribution in [-0.2, 0) is 6.18 Å². The quantitative estimate of drug-likeness (QED) is 0.767. The molecule has 1 rings (SSSR count). The average molecular weight is 320 g/mol. The number of benzene rings is 1. The molecule has 0 heterocycles. The minimum atomic E-state index is -4.56. The molecule has 7 heteroatoms. The molecule has 19 heavy (non-hydrogen) atoms.